The Morgan fingerprint density at radius 2 is 1.86 bits per heavy atom. The van der Waals surface area contributed by atoms with Crippen LogP contribution in [0.3, 0.4) is 0 Å². The Balaban J connectivity index is 2.73. The lowest BCUT2D eigenvalue weighted by molar-refractivity contribution is -0.125. The van der Waals surface area contributed by atoms with Gasteiger partial charge in [0.2, 0.25) is 5.91 Å². The van der Waals surface area contributed by atoms with Gasteiger partial charge in [-0.3, -0.25) is 4.79 Å². The fraction of sp³-hybridized carbons (Fsp3) is 0.909. The zero-order valence-electron chi connectivity index (χ0n) is 9.90. The van der Waals surface area contributed by atoms with Crippen LogP contribution in [-0.2, 0) is 4.79 Å². The largest absolute Gasteiger partial charge is 0.358 e. The van der Waals surface area contributed by atoms with Gasteiger partial charge in [-0.1, -0.05) is 27.7 Å². The second kappa shape index (κ2) is 3.54. The maximum atomic E-state index is 11.5. The van der Waals surface area contributed by atoms with Crippen LogP contribution in [0.25, 0.3) is 0 Å². The molecule has 0 saturated carbocycles. The summed E-state index contributed by atoms with van der Waals surface area (Å²) in [6.45, 7) is 9.88. The van der Waals surface area contributed by atoms with E-state index in [2.05, 4.69) is 38.3 Å². The van der Waals surface area contributed by atoms with E-state index in [4.69, 9.17) is 0 Å². The molecular weight excluding hydrogens is 176 g/mol. The van der Waals surface area contributed by atoms with Crippen molar-refractivity contribution >= 4 is 5.91 Å². The molecule has 2 N–H and O–H groups in total. The van der Waals surface area contributed by atoms with Gasteiger partial charge in [-0.15, -0.1) is 0 Å². The Kier molecular flexibility index (Phi) is 2.91. The number of nitrogens with one attached hydrogen (secondary N) is 2. The molecule has 0 aromatic rings. The molecule has 1 saturated heterocycles. The predicted octanol–water partition coefficient (Wildman–Crippen LogP) is 1.15. The summed E-state index contributed by atoms with van der Waals surface area (Å²) in [6, 6.07) is -0.0250. The number of hydrogen-bond acceptors (Lipinski definition) is 2. The lowest BCUT2D eigenvalue weighted by Gasteiger charge is -2.48. The molecule has 3 nitrogen and oxygen atoms in total. The van der Waals surface area contributed by atoms with Crippen molar-refractivity contribution in [2.45, 2.75) is 40.2 Å². The summed E-state index contributed by atoms with van der Waals surface area (Å²) in [6.07, 6.45) is 0.902. The average molecular weight is 198 g/mol. The molecular formula is C11H22N2O. The van der Waals surface area contributed by atoms with Crippen molar-refractivity contribution in [2.24, 2.45) is 10.8 Å². The van der Waals surface area contributed by atoms with Crippen molar-refractivity contribution in [3.05, 3.63) is 0 Å². The van der Waals surface area contributed by atoms with E-state index in [1.165, 1.54) is 0 Å². The van der Waals surface area contributed by atoms with E-state index in [0.717, 1.165) is 13.0 Å². The molecule has 1 unspecified atom stereocenters. The number of carbonyl (C=O) groups excluding carboxylic acids is 1. The van der Waals surface area contributed by atoms with E-state index in [-0.39, 0.29) is 22.8 Å². The van der Waals surface area contributed by atoms with Crippen molar-refractivity contribution in [2.75, 3.05) is 13.6 Å². The van der Waals surface area contributed by atoms with Gasteiger partial charge in [0.1, 0.15) is 0 Å². The number of rotatable bonds is 1. The van der Waals surface area contributed by atoms with Gasteiger partial charge < -0.3 is 10.6 Å². The van der Waals surface area contributed by atoms with E-state index in [1.807, 2.05) is 0 Å². The molecule has 0 radical (unpaired) electrons. The number of carbonyl (C=O) groups is 1. The predicted molar refractivity (Wildman–Crippen MR) is 58.0 cm³/mol. The molecule has 82 valence electrons. The van der Waals surface area contributed by atoms with Gasteiger partial charge in [0.05, 0.1) is 6.04 Å². The molecule has 3 heteroatoms. The molecule has 0 aliphatic carbocycles. The van der Waals surface area contributed by atoms with Crippen LogP contribution >= 0.6 is 0 Å². The van der Waals surface area contributed by atoms with Crippen molar-refractivity contribution < 1.29 is 4.79 Å². The van der Waals surface area contributed by atoms with E-state index >= 15 is 0 Å². The summed E-state index contributed by atoms with van der Waals surface area (Å²) in [5.74, 6) is 0.105. The molecule has 1 aliphatic heterocycles. The van der Waals surface area contributed by atoms with Crippen molar-refractivity contribution in [3.63, 3.8) is 0 Å². The molecule has 1 fully saturated rings. The van der Waals surface area contributed by atoms with Crippen LogP contribution in [0.15, 0.2) is 0 Å². The molecule has 0 aromatic heterocycles. The summed E-state index contributed by atoms with van der Waals surface area (Å²) in [7, 11) is 1.69. The molecule has 0 spiro atoms. The average Bonchev–Trinajstić information content (AvgIpc) is 2.08. The van der Waals surface area contributed by atoms with Crippen LogP contribution in [0.5, 0.6) is 0 Å². The third-order valence-corrected chi connectivity index (χ3v) is 3.90. The highest BCUT2D eigenvalue weighted by molar-refractivity contribution is 5.81. The lowest BCUT2D eigenvalue weighted by atomic mass is 9.62. The summed E-state index contributed by atoms with van der Waals surface area (Å²) < 4.78 is 0. The first-order valence-corrected chi connectivity index (χ1v) is 5.25. The summed E-state index contributed by atoms with van der Waals surface area (Å²) >= 11 is 0. The summed E-state index contributed by atoms with van der Waals surface area (Å²) in [4.78, 5) is 11.5. The van der Waals surface area contributed by atoms with E-state index in [1.54, 1.807) is 7.05 Å². The third kappa shape index (κ3) is 1.92. The van der Waals surface area contributed by atoms with E-state index < -0.39 is 0 Å². The molecule has 1 rings (SSSR count). The lowest BCUT2D eigenvalue weighted by Crippen LogP contribution is -2.57. The number of likely N-dealkylation sites (N-methyl/N-ethyl adjacent to an activating group) is 1. The monoisotopic (exact) mass is 198 g/mol. The minimum absolute atomic E-state index is 0.0250. The second-order valence-electron chi connectivity index (χ2n) is 5.52. The summed E-state index contributed by atoms with van der Waals surface area (Å²) in [5.41, 5.74) is 0.451. The quantitative estimate of drug-likeness (QED) is 0.663. The fourth-order valence-corrected chi connectivity index (χ4v) is 1.84. The molecule has 1 heterocycles. The van der Waals surface area contributed by atoms with Crippen molar-refractivity contribution in [1.82, 2.24) is 10.6 Å². The Hall–Kier alpha value is -0.570. The highest BCUT2D eigenvalue weighted by Gasteiger charge is 2.43. The molecule has 1 amide bonds. The molecule has 1 atom stereocenters. The van der Waals surface area contributed by atoms with Crippen molar-refractivity contribution in [1.29, 1.82) is 0 Å². The van der Waals surface area contributed by atoms with Crippen LogP contribution in [0, 0.1) is 10.8 Å². The van der Waals surface area contributed by atoms with Crippen LogP contribution in [0.4, 0.5) is 0 Å². The number of amides is 1. The first kappa shape index (κ1) is 11.5. The fourth-order valence-electron chi connectivity index (χ4n) is 1.84. The van der Waals surface area contributed by atoms with Gasteiger partial charge in [0.25, 0.3) is 0 Å². The Morgan fingerprint density at radius 1 is 1.29 bits per heavy atom. The van der Waals surface area contributed by atoms with Gasteiger partial charge in [-0.25, -0.2) is 0 Å². The highest BCUT2D eigenvalue weighted by Crippen LogP contribution is 2.44. The van der Waals surface area contributed by atoms with Gasteiger partial charge >= 0.3 is 0 Å². The normalized spacial score (nSPS) is 29.6. The van der Waals surface area contributed by atoms with Gasteiger partial charge in [0, 0.05) is 13.6 Å². The number of piperidine rings is 1. The Morgan fingerprint density at radius 3 is 2.29 bits per heavy atom. The van der Waals surface area contributed by atoms with Crippen LogP contribution < -0.4 is 10.6 Å². The zero-order chi connectivity index (χ0) is 11.0. The SMILES string of the molecule is CNC(=O)C1CC(C)(C)C(C)(C)CN1. The maximum absolute atomic E-state index is 11.5. The minimum atomic E-state index is -0.0250. The zero-order valence-corrected chi connectivity index (χ0v) is 9.90. The smallest absolute Gasteiger partial charge is 0.236 e. The molecule has 0 aromatic carbocycles. The molecule has 14 heavy (non-hydrogen) atoms. The van der Waals surface area contributed by atoms with Gasteiger partial charge in [-0.05, 0) is 17.3 Å². The Bertz CT molecular complexity index is 233. The van der Waals surface area contributed by atoms with E-state index in [0.29, 0.717) is 0 Å². The first-order valence-electron chi connectivity index (χ1n) is 5.25. The highest BCUT2D eigenvalue weighted by atomic mass is 16.2. The topological polar surface area (TPSA) is 41.1 Å². The number of hydrogen-bond donors (Lipinski definition) is 2. The van der Waals surface area contributed by atoms with Crippen LogP contribution in [-0.4, -0.2) is 25.5 Å². The molecule has 1 aliphatic rings. The van der Waals surface area contributed by atoms with Crippen molar-refractivity contribution in [3.8, 4) is 0 Å². The molecule has 0 bridgehead atoms. The summed E-state index contributed by atoms with van der Waals surface area (Å²) in [5, 5.41) is 6.00. The standard InChI is InChI=1S/C11H22N2O/c1-10(2)6-8(9(14)12-5)13-7-11(10,3)4/h8,13H,6-7H2,1-5H3,(H,12,14). The third-order valence-electron chi connectivity index (χ3n) is 3.90. The maximum Gasteiger partial charge on any atom is 0.236 e. The Labute approximate surface area is 86.6 Å². The first-order chi connectivity index (χ1) is 6.30. The van der Waals surface area contributed by atoms with Gasteiger partial charge in [-0.2, -0.15) is 0 Å². The van der Waals surface area contributed by atoms with Gasteiger partial charge in [0.15, 0.2) is 0 Å². The minimum Gasteiger partial charge on any atom is -0.358 e. The van der Waals surface area contributed by atoms with E-state index in [9.17, 15) is 4.79 Å². The second-order valence-corrected chi connectivity index (χ2v) is 5.52. The van der Waals surface area contributed by atoms with Crippen LogP contribution in [0.2, 0.25) is 0 Å². The van der Waals surface area contributed by atoms with Crippen LogP contribution in [0.1, 0.15) is 34.1 Å².